The third kappa shape index (κ3) is 2.33. The monoisotopic (exact) mass is 232 g/mol. The van der Waals surface area contributed by atoms with Gasteiger partial charge in [0.05, 0.1) is 12.2 Å². The Kier molecular flexibility index (Phi) is 3.78. The van der Waals surface area contributed by atoms with Crippen LogP contribution in [0.25, 0.3) is 0 Å². The van der Waals surface area contributed by atoms with Crippen molar-refractivity contribution >= 4 is 15.9 Å². The minimum atomic E-state index is 0.339. The molecule has 1 saturated heterocycles. The Hall–Kier alpha value is 0.180. The molecule has 0 spiro atoms. The number of halogens is 1. The first kappa shape index (κ1) is 10.3. The van der Waals surface area contributed by atoms with Crippen LogP contribution in [0.3, 0.4) is 0 Å². The molecule has 0 aromatic rings. The standard InChI is InChI=1S/C10H17BrO/c1-7(2)9-5-4-8(3)12-10(9)6-11/h8-10H,1,4-6H2,2-3H3/t8-,9+,10-/m0/s1. The molecule has 0 aliphatic carbocycles. The van der Waals surface area contributed by atoms with Crippen LogP contribution in [0.4, 0.5) is 0 Å². The maximum atomic E-state index is 5.80. The van der Waals surface area contributed by atoms with E-state index in [0.29, 0.717) is 18.1 Å². The predicted molar refractivity (Wildman–Crippen MR) is 55.7 cm³/mol. The summed E-state index contributed by atoms with van der Waals surface area (Å²) in [6.45, 7) is 8.24. The molecule has 1 aliphatic rings. The molecule has 0 aromatic heterocycles. The summed E-state index contributed by atoms with van der Waals surface area (Å²) in [4.78, 5) is 0. The highest BCUT2D eigenvalue weighted by Gasteiger charge is 2.28. The van der Waals surface area contributed by atoms with Crippen LogP contribution in [0.5, 0.6) is 0 Å². The van der Waals surface area contributed by atoms with Gasteiger partial charge in [-0.05, 0) is 26.7 Å². The summed E-state index contributed by atoms with van der Waals surface area (Å²) in [5.41, 5.74) is 1.26. The SMILES string of the molecule is C=C(C)[C@H]1CC[C@H](C)O[C@H]1CBr. The second kappa shape index (κ2) is 4.43. The summed E-state index contributed by atoms with van der Waals surface area (Å²) in [5, 5.41) is 0.925. The van der Waals surface area contributed by atoms with Crippen molar-refractivity contribution in [3.8, 4) is 0 Å². The summed E-state index contributed by atoms with van der Waals surface area (Å²) < 4.78 is 5.80. The summed E-state index contributed by atoms with van der Waals surface area (Å²) in [6.07, 6.45) is 3.16. The lowest BCUT2D eigenvalue weighted by Gasteiger charge is -2.34. The van der Waals surface area contributed by atoms with E-state index in [1.54, 1.807) is 0 Å². The van der Waals surface area contributed by atoms with Gasteiger partial charge >= 0.3 is 0 Å². The van der Waals surface area contributed by atoms with Crippen molar-refractivity contribution in [1.82, 2.24) is 0 Å². The van der Waals surface area contributed by atoms with Gasteiger partial charge in [-0.25, -0.2) is 0 Å². The Bertz CT molecular complexity index is 167. The zero-order chi connectivity index (χ0) is 9.14. The van der Waals surface area contributed by atoms with E-state index in [2.05, 4.69) is 36.4 Å². The molecule has 0 N–H and O–H groups in total. The van der Waals surface area contributed by atoms with E-state index >= 15 is 0 Å². The first-order chi connectivity index (χ1) is 5.65. The van der Waals surface area contributed by atoms with Crippen molar-refractivity contribution in [1.29, 1.82) is 0 Å². The van der Waals surface area contributed by atoms with Gasteiger partial charge < -0.3 is 4.74 Å². The number of rotatable bonds is 2. The van der Waals surface area contributed by atoms with Gasteiger partial charge in [-0.15, -0.1) is 0 Å². The predicted octanol–water partition coefficient (Wildman–Crippen LogP) is 3.14. The van der Waals surface area contributed by atoms with Crippen LogP contribution in [0.2, 0.25) is 0 Å². The third-order valence-electron chi connectivity index (χ3n) is 2.53. The quantitative estimate of drug-likeness (QED) is 0.526. The average molecular weight is 233 g/mol. The third-order valence-corrected chi connectivity index (χ3v) is 3.16. The molecule has 1 fully saturated rings. The number of ether oxygens (including phenoxy) is 1. The maximum Gasteiger partial charge on any atom is 0.0740 e. The van der Waals surface area contributed by atoms with Crippen LogP contribution in [-0.2, 0) is 4.74 Å². The second-order valence-electron chi connectivity index (χ2n) is 3.67. The Labute approximate surface area is 83.3 Å². The molecule has 0 bridgehead atoms. The maximum absolute atomic E-state index is 5.80. The lowest BCUT2D eigenvalue weighted by molar-refractivity contribution is -0.0512. The molecular formula is C10H17BrO. The molecule has 1 aliphatic heterocycles. The second-order valence-corrected chi connectivity index (χ2v) is 4.32. The van der Waals surface area contributed by atoms with Crippen molar-refractivity contribution in [2.24, 2.45) is 5.92 Å². The molecule has 1 nitrogen and oxygen atoms in total. The fourth-order valence-corrected chi connectivity index (χ4v) is 2.37. The Balaban J connectivity index is 2.56. The number of hydrogen-bond donors (Lipinski definition) is 0. The first-order valence-corrected chi connectivity index (χ1v) is 5.64. The first-order valence-electron chi connectivity index (χ1n) is 4.52. The van der Waals surface area contributed by atoms with Gasteiger partial charge in [0.1, 0.15) is 0 Å². The zero-order valence-electron chi connectivity index (χ0n) is 7.85. The Morgan fingerprint density at radius 1 is 1.58 bits per heavy atom. The molecule has 0 aromatic carbocycles. The van der Waals surface area contributed by atoms with Crippen LogP contribution < -0.4 is 0 Å². The Morgan fingerprint density at radius 3 is 2.75 bits per heavy atom. The van der Waals surface area contributed by atoms with Crippen molar-refractivity contribution in [2.75, 3.05) is 5.33 Å². The molecule has 0 unspecified atom stereocenters. The minimum absolute atomic E-state index is 0.339. The molecule has 1 heterocycles. The summed E-state index contributed by atoms with van der Waals surface area (Å²) in [7, 11) is 0. The van der Waals surface area contributed by atoms with E-state index in [4.69, 9.17) is 4.74 Å². The smallest absolute Gasteiger partial charge is 0.0740 e. The van der Waals surface area contributed by atoms with Gasteiger partial charge in [0.2, 0.25) is 0 Å². The fourth-order valence-electron chi connectivity index (χ4n) is 1.77. The largest absolute Gasteiger partial charge is 0.374 e. The molecule has 0 saturated carbocycles. The van der Waals surface area contributed by atoms with Crippen molar-refractivity contribution in [3.05, 3.63) is 12.2 Å². The minimum Gasteiger partial charge on any atom is -0.374 e. The molecule has 3 atom stereocenters. The lowest BCUT2D eigenvalue weighted by Crippen LogP contribution is -2.35. The van der Waals surface area contributed by atoms with Gasteiger partial charge in [-0.3, -0.25) is 0 Å². The van der Waals surface area contributed by atoms with Gasteiger partial charge in [0.15, 0.2) is 0 Å². The lowest BCUT2D eigenvalue weighted by atomic mass is 9.88. The Morgan fingerprint density at radius 2 is 2.25 bits per heavy atom. The van der Waals surface area contributed by atoms with Crippen LogP contribution in [0, 0.1) is 5.92 Å². The van der Waals surface area contributed by atoms with Gasteiger partial charge in [-0.2, -0.15) is 0 Å². The molecule has 0 radical (unpaired) electrons. The topological polar surface area (TPSA) is 9.23 Å². The highest BCUT2D eigenvalue weighted by molar-refractivity contribution is 9.09. The molecule has 2 heteroatoms. The van der Waals surface area contributed by atoms with Crippen molar-refractivity contribution < 1.29 is 4.74 Å². The summed E-state index contributed by atoms with van der Waals surface area (Å²) in [6, 6.07) is 0. The normalized spacial score (nSPS) is 36.4. The molecule has 12 heavy (non-hydrogen) atoms. The fraction of sp³-hybridized carbons (Fsp3) is 0.800. The van der Waals surface area contributed by atoms with Crippen LogP contribution in [-0.4, -0.2) is 17.5 Å². The van der Waals surface area contributed by atoms with E-state index in [9.17, 15) is 0 Å². The van der Waals surface area contributed by atoms with Crippen molar-refractivity contribution in [3.63, 3.8) is 0 Å². The highest BCUT2D eigenvalue weighted by atomic mass is 79.9. The van der Waals surface area contributed by atoms with Crippen molar-refractivity contribution in [2.45, 2.75) is 38.9 Å². The average Bonchev–Trinajstić information content (AvgIpc) is 2.03. The van der Waals surface area contributed by atoms with Crippen LogP contribution in [0.15, 0.2) is 12.2 Å². The molecule has 1 rings (SSSR count). The number of alkyl halides is 1. The van der Waals surface area contributed by atoms with Crippen LogP contribution >= 0.6 is 15.9 Å². The van der Waals surface area contributed by atoms with Crippen LogP contribution in [0.1, 0.15) is 26.7 Å². The van der Waals surface area contributed by atoms with Gasteiger partial charge in [-0.1, -0.05) is 28.1 Å². The van der Waals surface area contributed by atoms with Gasteiger partial charge in [0.25, 0.3) is 0 Å². The van der Waals surface area contributed by atoms with E-state index in [1.165, 1.54) is 18.4 Å². The number of hydrogen-bond acceptors (Lipinski definition) is 1. The van der Waals surface area contributed by atoms with E-state index < -0.39 is 0 Å². The summed E-state index contributed by atoms with van der Waals surface area (Å²) in [5.74, 6) is 0.556. The molecular weight excluding hydrogens is 216 g/mol. The van der Waals surface area contributed by atoms with E-state index in [0.717, 1.165) is 5.33 Å². The van der Waals surface area contributed by atoms with E-state index in [-0.39, 0.29) is 0 Å². The summed E-state index contributed by atoms with van der Waals surface area (Å²) >= 11 is 3.48. The van der Waals surface area contributed by atoms with Gasteiger partial charge in [0, 0.05) is 11.2 Å². The zero-order valence-corrected chi connectivity index (χ0v) is 9.43. The molecule has 0 amide bonds. The highest BCUT2D eigenvalue weighted by Crippen LogP contribution is 2.30. The molecule has 70 valence electrons. The van der Waals surface area contributed by atoms with E-state index in [1.807, 2.05) is 0 Å².